The molecule has 0 bridgehead atoms. The summed E-state index contributed by atoms with van der Waals surface area (Å²) < 4.78 is 5.12. The van der Waals surface area contributed by atoms with Crippen molar-refractivity contribution >= 4 is 52.4 Å². The molecule has 1 saturated heterocycles. The number of rotatable bonds is 5. The number of hydrogen-bond acceptors (Lipinski definition) is 4. The molecule has 0 aliphatic carbocycles. The molecule has 2 aromatic rings. The quantitative estimate of drug-likeness (QED) is 0.717. The number of nitrogens with one attached hydrogen (secondary N) is 1. The molecule has 1 aliphatic rings. The van der Waals surface area contributed by atoms with Crippen LogP contribution in [-0.4, -0.2) is 30.9 Å². The first-order valence-corrected chi connectivity index (χ1v) is 9.79. The molecule has 0 spiro atoms. The average Bonchev–Trinajstić information content (AvgIpc) is 3.05. The van der Waals surface area contributed by atoms with Gasteiger partial charge >= 0.3 is 5.97 Å². The van der Waals surface area contributed by atoms with Crippen molar-refractivity contribution in [2.45, 2.75) is 20.3 Å². The van der Waals surface area contributed by atoms with Gasteiger partial charge in [-0.1, -0.05) is 40.9 Å². The summed E-state index contributed by atoms with van der Waals surface area (Å²) in [6, 6.07) is 10.4. The van der Waals surface area contributed by atoms with E-state index in [0.717, 1.165) is 11.1 Å². The van der Waals surface area contributed by atoms with Gasteiger partial charge in [-0.3, -0.25) is 14.4 Å². The van der Waals surface area contributed by atoms with E-state index in [2.05, 4.69) is 5.32 Å². The molecule has 29 heavy (non-hydrogen) atoms. The zero-order valence-corrected chi connectivity index (χ0v) is 17.5. The summed E-state index contributed by atoms with van der Waals surface area (Å²) in [5.74, 6) is -1.97. The Kier molecular flexibility index (Phi) is 6.45. The number of aryl methyl sites for hydroxylation is 2. The van der Waals surface area contributed by atoms with Crippen molar-refractivity contribution in [3.63, 3.8) is 0 Å². The first-order valence-electron chi connectivity index (χ1n) is 9.03. The fraction of sp³-hybridized carbons (Fsp3) is 0.286. The van der Waals surface area contributed by atoms with Crippen LogP contribution in [0.15, 0.2) is 36.4 Å². The molecule has 3 rings (SSSR count). The molecule has 8 heteroatoms. The molecule has 2 amide bonds. The molecule has 2 aromatic carbocycles. The zero-order valence-electron chi connectivity index (χ0n) is 16.0. The second-order valence-electron chi connectivity index (χ2n) is 6.98. The molecule has 0 radical (unpaired) electrons. The van der Waals surface area contributed by atoms with Crippen molar-refractivity contribution in [2.24, 2.45) is 5.92 Å². The van der Waals surface area contributed by atoms with Gasteiger partial charge in [0.1, 0.15) is 0 Å². The topological polar surface area (TPSA) is 75.7 Å². The standard InChI is InChI=1S/C21H20Cl2N2O4/c1-12-3-6-17(13(2)7-12)24-19(26)11-29-21(28)14-8-20(27)25(10-14)18-9-15(22)4-5-16(18)23/h3-7,9,14H,8,10-11H2,1-2H3,(H,24,26)/t14-/m0/s1. The van der Waals surface area contributed by atoms with Crippen LogP contribution in [-0.2, 0) is 19.1 Å². The van der Waals surface area contributed by atoms with Crippen molar-refractivity contribution < 1.29 is 19.1 Å². The number of nitrogens with zero attached hydrogens (tertiary/aromatic N) is 1. The van der Waals surface area contributed by atoms with Gasteiger partial charge in [0.25, 0.3) is 5.91 Å². The van der Waals surface area contributed by atoms with E-state index in [1.165, 1.54) is 4.90 Å². The predicted molar refractivity (Wildman–Crippen MR) is 112 cm³/mol. The fourth-order valence-electron chi connectivity index (χ4n) is 3.19. The number of ether oxygens (including phenoxy) is 1. The summed E-state index contributed by atoms with van der Waals surface area (Å²) in [5, 5.41) is 3.52. The zero-order chi connectivity index (χ0) is 21.1. The summed E-state index contributed by atoms with van der Waals surface area (Å²) in [7, 11) is 0. The van der Waals surface area contributed by atoms with Crippen LogP contribution >= 0.6 is 23.2 Å². The van der Waals surface area contributed by atoms with Crippen molar-refractivity contribution in [3.05, 3.63) is 57.6 Å². The van der Waals surface area contributed by atoms with Crippen LogP contribution in [0.1, 0.15) is 17.5 Å². The number of carbonyl (C=O) groups is 3. The summed E-state index contributed by atoms with van der Waals surface area (Å²) in [4.78, 5) is 38.2. The van der Waals surface area contributed by atoms with Gasteiger partial charge in [-0.2, -0.15) is 0 Å². The normalized spacial score (nSPS) is 16.1. The lowest BCUT2D eigenvalue weighted by Gasteiger charge is -2.18. The van der Waals surface area contributed by atoms with E-state index in [4.69, 9.17) is 27.9 Å². The first kappa shape index (κ1) is 21.1. The molecule has 1 atom stereocenters. The van der Waals surface area contributed by atoms with Crippen LogP contribution < -0.4 is 10.2 Å². The van der Waals surface area contributed by atoms with E-state index in [0.29, 0.717) is 21.4 Å². The molecule has 6 nitrogen and oxygen atoms in total. The van der Waals surface area contributed by atoms with E-state index < -0.39 is 24.4 Å². The van der Waals surface area contributed by atoms with Crippen LogP contribution in [0.5, 0.6) is 0 Å². The van der Waals surface area contributed by atoms with Crippen molar-refractivity contribution in [1.29, 1.82) is 0 Å². The molecule has 1 heterocycles. The number of hydrogen-bond donors (Lipinski definition) is 1. The highest BCUT2D eigenvalue weighted by Crippen LogP contribution is 2.33. The summed E-state index contributed by atoms with van der Waals surface area (Å²) in [5.41, 5.74) is 3.11. The minimum Gasteiger partial charge on any atom is -0.455 e. The molecule has 1 N–H and O–H groups in total. The molecular formula is C21H20Cl2N2O4. The Hall–Kier alpha value is -2.57. The van der Waals surface area contributed by atoms with Crippen LogP contribution in [0.2, 0.25) is 10.0 Å². The maximum Gasteiger partial charge on any atom is 0.311 e. The van der Waals surface area contributed by atoms with Crippen LogP contribution in [0.4, 0.5) is 11.4 Å². The SMILES string of the molecule is Cc1ccc(NC(=O)COC(=O)[C@H]2CC(=O)N(c3cc(Cl)ccc3Cl)C2)c(C)c1. The third-order valence-electron chi connectivity index (χ3n) is 4.66. The lowest BCUT2D eigenvalue weighted by molar-refractivity contribution is -0.151. The Morgan fingerprint density at radius 3 is 2.66 bits per heavy atom. The van der Waals surface area contributed by atoms with Gasteiger partial charge < -0.3 is 15.0 Å². The Labute approximate surface area is 178 Å². The summed E-state index contributed by atoms with van der Waals surface area (Å²) >= 11 is 12.1. The summed E-state index contributed by atoms with van der Waals surface area (Å²) in [6.45, 7) is 3.54. The van der Waals surface area contributed by atoms with Crippen molar-refractivity contribution in [1.82, 2.24) is 0 Å². The number of esters is 1. The van der Waals surface area contributed by atoms with Gasteiger partial charge in [0.15, 0.2) is 6.61 Å². The second kappa shape index (κ2) is 8.84. The molecule has 1 fully saturated rings. The highest BCUT2D eigenvalue weighted by Gasteiger charge is 2.37. The first-order chi connectivity index (χ1) is 13.7. The molecule has 1 aliphatic heterocycles. The third-order valence-corrected chi connectivity index (χ3v) is 5.21. The Morgan fingerprint density at radius 1 is 1.17 bits per heavy atom. The van der Waals surface area contributed by atoms with Crippen LogP contribution in [0.3, 0.4) is 0 Å². The van der Waals surface area contributed by atoms with E-state index in [1.807, 2.05) is 26.0 Å². The third kappa shape index (κ3) is 5.08. The lowest BCUT2D eigenvalue weighted by Crippen LogP contribution is -2.28. The fourth-order valence-corrected chi connectivity index (χ4v) is 3.57. The van der Waals surface area contributed by atoms with Gasteiger partial charge in [-0.15, -0.1) is 0 Å². The number of amides is 2. The summed E-state index contributed by atoms with van der Waals surface area (Å²) in [6.07, 6.45) is -0.0135. The van der Waals surface area contributed by atoms with Gasteiger partial charge in [0.2, 0.25) is 5.91 Å². The molecular weight excluding hydrogens is 415 g/mol. The van der Waals surface area contributed by atoms with E-state index in [1.54, 1.807) is 24.3 Å². The van der Waals surface area contributed by atoms with Gasteiger partial charge in [-0.05, 0) is 43.7 Å². The monoisotopic (exact) mass is 434 g/mol. The minimum atomic E-state index is -0.675. The lowest BCUT2D eigenvalue weighted by atomic mass is 10.1. The van der Waals surface area contributed by atoms with Crippen LogP contribution in [0, 0.1) is 19.8 Å². The van der Waals surface area contributed by atoms with E-state index in [9.17, 15) is 14.4 Å². The molecule has 152 valence electrons. The molecule has 0 saturated carbocycles. The van der Waals surface area contributed by atoms with Crippen molar-refractivity contribution in [3.8, 4) is 0 Å². The van der Waals surface area contributed by atoms with Gasteiger partial charge in [0.05, 0.1) is 16.6 Å². The Bertz CT molecular complexity index is 977. The van der Waals surface area contributed by atoms with Gasteiger partial charge in [0, 0.05) is 23.7 Å². The minimum absolute atomic E-state index is 0.0135. The van der Waals surface area contributed by atoms with E-state index in [-0.39, 0.29) is 18.9 Å². The predicted octanol–water partition coefficient (Wildman–Crippen LogP) is 4.15. The van der Waals surface area contributed by atoms with Crippen LogP contribution in [0.25, 0.3) is 0 Å². The van der Waals surface area contributed by atoms with Crippen molar-refractivity contribution in [2.75, 3.05) is 23.4 Å². The number of anilines is 2. The smallest absolute Gasteiger partial charge is 0.311 e. The average molecular weight is 435 g/mol. The van der Waals surface area contributed by atoms with Gasteiger partial charge in [-0.25, -0.2) is 0 Å². The highest BCUT2D eigenvalue weighted by atomic mass is 35.5. The Balaban J connectivity index is 1.56. The maximum atomic E-state index is 12.3. The van der Waals surface area contributed by atoms with E-state index >= 15 is 0 Å². The maximum absolute atomic E-state index is 12.3. The number of benzene rings is 2. The highest BCUT2D eigenvalue weighted by molar-refractivity contribution is 6.35. The number of halogens is 2. The second-order valence-corrected chi connectivity index (χ2v) is 7.82. The molecule has 0 aromatic heterocycles. The number of carbonyl (C=O) groups excluding carboxylic acids is 3. The molecule has 0 unspecified atom stereocenters. The largest absolute Gasteiger partial charge is 0.455 e. The Morgan fingerprint density at radius 2 is 1.93 bits per heavy atom.